The van der Waals surface area contributed by atoms with Gasteiger partial charge < -0.3 is 0 Å². The molecule has 0 bridgehead atoms. The maximum Gasteiger partial charge on any atom is 0.341 e. The van der Waals surface area contributed by atoms with E-state index >= 15 is 0 Å². The van der Waals surface area contributed by atoms with Crippen LogP contribution in [0.2, 0.25) is 5.02 Å². The van der Waals surface area contributed by atoms with Crippen molar-refractivity contribution in [3.8, 4) is 0 Å². The third-order valence-electron chi connectivity index (χ3n) is 2.74. The summed E-state index contributed by atoms with van der Waals surface area (Å²) in [6, 6.07) is 8.59. The van der Waals surface area contributed by atoms with Crippen LogP contribution in [0.4, 0.5) is 16.3 Å². The van der Waals surface area contributed by atoms with Gasteiger partial charge in [0.15, 0.2) is 5.82 Å². The van der Waals surface area contributed by atoms with Crippen LogP contribution in [0.3, 0.4) is 0 Å². The van der Waals surface area contributed by atoms with Gasteiger partial charge in [0.2, 0.25) is 0 Å². The molecule has 2 heterocycles. The molecule has 0 saturated carbocycles. The van der Waals surface area contributed by atoms with Crippen LogP contribution in [0.25, 0.3) is 0 Å². The molecule has 0 atom stereocenters. The van der Waals surface area contributed by atoms with E-state index in [2.05, 4.69) is 4.98 Å². The Kier molecular flexibility index (Phi) is 2.88. The molecule has 2 amide bonds. The smallest absolute Gasteiger partial charge is 0.247 e. The van der Waals surface area contributed by atoms with Crippen LogP contribution in [-0.2, 0) is 10.0 Å². The maximum absolute atomic E-state index is 12.0. The summed E-state index contributed by atoms with van der Waals surface area (Å²) in [6.45, 7) is 0. The molecule has 1 aliphatic heterocycles. The highest BCUT2D eigenvalue weighted by Gasteiger charge is 2.35. The molecule has 102 valence electrons. The average Bonchev–Trinajstić information content (AvgIpc) is 2.38. The molecule has 1 N–H and O–H groups in total. The standard InChI is InChI=1S/C12H8ClN3O3S/c13-8-3-1-4-9(7-8)16-11-10(5-2-6-14-11)20(18,19)15-12(16)17/h1-7H,(H,15,17). The van der Waals surface area contributed by atoms with Gasteiger partial charge in [-0.1, -0.05) is 17.7 Å². The summed E-state index contributed by atoms with van der Waals surface area (Å²) in [6.07, 6.45) is 1.42. The number of benzene rings is 1. The minimum absolute atomic E-state index is 0.0542. The zero-order valence-corrected chi connectivity index (χ0v) is 11.5. The molecule has 0 fully saturated rings. The molecule has 0 unspecified atom stereocenters. The Morgan fingerprint density at radius 2 is 2.00 bits per heavy atom. The molecule has 3 rings (SSSR count). The number of urea groups is 1. The zero-order valence-electron chi connectivity index (χ0n) is 9.95. The van der Waals surface area contributed by atoms with E-state index in [0.29, 0.717) is 10.7 Å². The van der Waals surface area contributed by atoms with Gasteiger partial charge in [-0.3, -0.25) is 0 Å². The van der Waals surface area contributed by atoms with Gasteiger partial charge in [-0.15, -0.1) is 0 Å². The number of nitrogens with one attached hydrogen (secondary N) is 1. The second-order valence-corrected chi connectivity index (χ2v) is 6.14. The summed E-state index contributed by atoms with van der Waals surface area (Å²) in [4.78, 5) is 17.1. The van der Waals surface area contributed by atoms with Crippen LogP contribution in [0, 0.1) is 0 Å². The van der Waals surface area contributed by atoms with Gasteiger partial charge in [-0.2, -0.15) is 0 Å². The number of hydrogen-bond acceptors (Lipinski definition) is 4. The van der Waals surface area contributed by atoms with E-state index in [1.807, 2.05) is 4.72 Å². The topological polar surface area (TPSA) is 79.4 Å². The normalized spacial score (nSPS) is 16.4. The number of sulfonamides is 1. The summed E-state index contributed by atoms with van der Waals surface area (Å²) in [5.74, 6) is 0.0542. The number of amides is 2. The lowest BCUT2D eigenvalue weighted by Gasteiger charge is -2.28. The highest BCUT2D eigenvalue weighted by Crippen LogP contribution is 2.33. The number of fused-ring (bicyclic) bond motifs is 1. The van der Waals surface area contributed by atoms with E-state index in [4.69, 9.17) is 11.6 Å². The summed E-state index contributed by atoms with van der Waals surface area (Å²) < 4.78 is 25.8. The van der Waals surface area contributed by atoms with Gasteiger partial charge >= 0.3 is 6.03 Å². The van der Waals surface area contributed by atoms with Crippen molar-refractivity contribution in [2.45, 2.75) is 4.90 Å². The van der Waals surface area contributed by atoms with Crippen LogP contribution in [0.1, 0.15) is 0 Å². The molecule has 1 aliphatic rings. The first-order chi connectivity index (χ1) is 9.49. The van der Waals surface area contributed by atoms with Crippen LogP contribution in [0.15, 0.2) is 47.5 Å². The van der Waals surface area contributed by atoms with Crippen molar-refractivity contribution in [3.63, 3.8) is 0 Å². The molecule has 0 saturated heterocycles. The predicted octanol–water partition coefficient (Wildman–Crippen LogP) is 2.29. The minimum Gasteiger partial charge on any atom is -0.247 e. The van der Waals surface area contributed by atoms with Crippen molar-refractivity contribution in [1.82, 2.24) is 9.71 Å². The number of hydrogen-bond donors (Lipinski definition) is 1. The Hall–Kier alpha value is -2.12. The number of pyridine rings is 1. The number of carbonyl (C=O) groups excluding carboxylic acids is 1. The Labute approximate surface area is 120 Å². The second kappa shape index (κ2) is 4.46. The molecule has 1 aromatic heterocycles. The summed E-state index contributed by atoms with van der Waals surface area (Å²) in [5.41, 5.74) is 0.435. The Balaban J connectivity index is 2.24. The van der Waals surface area contributed by atoms with E-state index in [9.17, 15) is 13.2 Å². The molecule has 0 aliphatic carbocycles. The number of nitrogens with zero attached hydrogens (tertiary/aromatic N) is 2. The molecular weight excluding hydrogens is 302 g/mol. The first-order valence-electron chi connectivity index (χ1n) is 5.56. The third kappa shape index (κ3) is 2.00. The van der Waals surface area contributed by atoms with Crippen molar-refractivity contribution < 1.29 is 13.2 Å². The number of anilines is 2. The maximum atomic E-state index is 12.0. The number of aromatic nitrogens is 1. The molecule has 1 aromatic carbocycles. The molecular formula is C12H8ClN3O3S. The van der Waals surface area contributed by atoms with Crippen LogP contribution in [0.5, 0.6) is 0 Å². The SMILES string of the molecule is O=C1NS(=O)(=O)c2cccnc2N1c1cccc(Cl)c1. The van der Waals surface area contributed by atoms with E-state index < -0.39 is 16.1 Å². The van der Waals surface area contributed by atoms with Gasteiger partial charge in [0.05, 0.1) is 5.69 Å². The zero-order chi connectivity index (χ0) is 14.3. The predicted molar refractivity (Wildman–Crippen MR) is 73.5 cm³/mol. The third-order valence-corrected chi connectivity index (χ3v) is 4.32. The molecule has 2 aromatic rings. The fraction of sp³-hybridized carbons (Fsp3) is 0. The first kappa shape index (κ1) is 12.9. The Morgan fingerprint density at radius 1 is 1.20 bits per heavy atom. The van der Waals surface area contributed by atoms with Crippen LogP contribution in [-0.4, -0.2) is 19.4 Å². The molecule has 0 radical (unpaired) electrons. The highest BCUT2D eigenvalue weighted by molar-refractivity contribution is 7.90. The summed E-state index contributed by atoms with van der Waals surface area (Å²) in [5, 5.41) is 0.432. The highest BCUT2D eigenvalue weighted by atomic mass is 35.5. The lowest BCUT2D eigenvalue weighted by molar-refractivity contribution is 0.252. The van der Waals surface area contributed by atoms with Gasteiger partial charge in [-0.05, 0) is 30.3 Å². The second-order valence-electron chi connectivity index (χ2n) is 4.05. The van der Waals surface area contributed by atoms with Crippen molar-refractivity contribution >= 4 is 39.2 Å². The molecule has 0 spiro atoms. The fourth-order valence-corrected chi connectivity index (χ4v) is 3.18. The molecule has 8 heteroatoms. The minimum atomic E-state index is -3.88. The number of carbonyl (C=O) groups is 1. The van der Waals surface area contributed by atoms with Gasteiger partial charge in [0.1, 0.15) is 4.90 Å². The van der Waals surface area contributed by atoms with Crippen molar-refractivity contribution in [2.24, 2.45) is 0 Å². The van der Waals surface area contributed by atoms with E-state index in [-0.39, 0.29) is 10.7 Å². The van der Waals surface area contributed by atoms with Crippen molar-refractivity contribution in [2.75, 3.05) is 4.90 Å². The van der Waals surface area contributed by atoms with Crippen molar-refractivity contribution in [3.05, 3.63) is 47.6 Å². The van der Waals surface area contributed by atoms with Gasteiger partial charge in [0, 0.05) is 11.2 Å². The fourth-order valence-electron chi connectivity index (χ4n) is 1.93. The van der Waals surface area contributed by atoms with E-state index in [1.165, 1.54) is 23.2 Å². The molecule has 20 heavy (non-hydrogen) atoms. The van der Waals surface area contributed by atoms with E-state index in [0.717, 1.165) is 0 Å². The van der Waals surface area contributed by atoms with E-state index in [1.54, 1.807) is 24.3 Å². The number of halogens is 1. The van der Waals surface area contributed by atoms with Crippen molar-refractivity contribution in [1.29, 1.82) is 0 Å². The van der Waals surface area contributed by atoms with Gasteiger partial charge in [-0.25, -0.2) is 27.8 Å². The average molecular weight is 310 g/mol. The van der Waals surface area contributed by atoms with Crippen LogP contribution >= 0.6 is 11.6 Å². The van der Waals surface area contributed by atoms with Crippen LogP contribution < -0.4 is 9.62 Å². The Bertz CT molecular complexity index is 807. The Morgan fingerprint density at radius 3 is 2.75 bits per heavy atom. The monoisotopic (exact) mass is 309 g/mol. The largest absolute Gasteiger partial charge is 0.341 e. The van der Waals surface area contributed by atoms with Gasteiger partial charge in [0.25, 0.3) is 10.0 Å². The number of rotatable bonds is 1. The lowest BCUT2D eigenvalue weighted by Crippen LogP contribution is -2.45. The summed E-state index contributed by atoms with van der Waals surface area (Å²) >= 11 is 5.90. The summed E-state index contributed by atoms with van der Waals surface area (Å²) in [7, 11) is -3.88. The quantitative estimate of drug-likeness (QED) is 0.876. The first-order valence-corrected chi connectivity index (χ1v) is 7.43. The lowest BCUT2D eigenvalue weighted by atomic mass is 10.3. The molecule has 6 nitrogen and oxygen atoms in total.